The van der Waals surface area contributed by atoms with Gasteiger partial charge >= 0.3 is 5.97 Å². The minimum absolute atomic E-state index is 0.300. The zero-order valence-electron chi connectivity index (χ0n) is 19.1. The van der Waals surface area contributed by atoms with Gasteiger partial charge in [0.05, 0.1) is 5.56 Å². The summed E-state index contributed by atoms with van der Waals surface area (Å²) in [7, 11) is 0. The van der Waals surface area contributed by atoms with E-state index < -0.39 is 0 Å². The van der Waals surface area contributed by atoms with Crippen molar-refractivity contribution in [2.45, 2.75) is 71.1 Å². The van der Waals surface area contributed by atoms with Crippen LogP contribution in [0, 0.1) is 5.92 Å². The fourth-order valence-corrected chi connectivity index (χ4v) is 4.19. The monoisotopic (exact) mass is 416 g/mol. The number of ether oxygens (including phenoxy) is 1. The molecule has 0 spiro atoms. The van der Waals surface area contributed by atoms with Gasteiger partial charge in [-0.2, -0.15) is 0 Å². The van der Waals surface area contributed by atoms with E-state index in [1.54, 1.807) is 0 Å². The molecule has 2 aromatic carbocycles. The largest absolute Gasteiger partial charge is 0.423 e. The lowest BCUT2D eigenvalue weighted by atomic mass is 9.78. The van der Waals surface area contributed by atoms with E-state index in [1.807, 2.05) is 36.4 Å². The van der Waals surface area contributed by atoms with Crippen LogP contribution in [0.3, 0.4) is 0 Å². The number of esters is 1. The molecule has 0 N–H and O–H groups in total. The molecule has 0 bridgehead atoms. The quantitative estimate of drug-likeness (QED) is 0.233. The van der Waals surface area contributed by atoms with Crippen LogP contribution in [-0.4, -0.2) is 5.97 Å². The molecular formula is C29H36O2. The van der Waals surface area contributed by atoms with Crippen molar-refractivity contribution >= 4 is 12.0 Å². The van der Waals surface area contributed by atoms with Crippen LogP contribution in [0.25, 0.3) is 6.08 Å². The van der Waals surface area contributed by atoms with Gasteiger partial charge in [-0.3, -0.25) is 0 Å². The molecule has 0 heterocycles. The van der Waals surface area contributed by atoms with Crippen molar-refractivity contribution < 1.29 is 9.53 Å². The Morgan fingerprint density at radius 1 is 0.871 bits per heavy atom. The maximum atomic E-state index is 12.5. The van der Waals surface area contributed by atoms with Crippen LogP contribution in [0.5, 0.6) is 5.75 Å². The second kappa shape index (κ2) is 12.3. The molecule has 1 aliphatic carbocycles. The Bertz CT molecular complexity index is 851. The van der Waals surface area contributed by atoms with E-state index in [1.165, 1.54) is 44.1 Å². The highest BCUT2D eigenvalue weighted by Crippen LogP contribution is 2.36. The molecule has 0 radical (unpaired) electrons. The summed E-state index contributed by atoms with van der Waals surface area (Å²) >= 11 is 0. The van der Waals surface area contributed by atoms with E-state index in [0.717, 1.165) is 24.3 Å². The molecule has 164 valence electrons. The Morgan fingerprint density at radius 2 is 1.52 bits per heavy atom. The predicted molar refractivity (Wildman–Crippen MR) is 131 cm³/mol. The van der Waals surface area contributed by atoms with Crippen molar-refractivity contribution in [2.75, 3.05) is 0 Å². The Hall–Kier alpha value is -2.61. The smallest absolute Gasteiger partial charge is 0.343 e. The third kappa shape index (κ3) is 7.24. The van der Waals surface area contributed by atoms with E-state index in [0.29, 0.717) is 17.2 Å². The molecule has 1 saturated carbocycles. The summed E-state index contributed by atoms with van der Waals surface area (Å²) in [4.78, 5) is 12.5. The van der Waals surface area contributed by atoms with Crippen LogP contribution in [-0.2, 0) is 0 Å². The van der Waals surface area contributed by atoms with Crippen molar-refractivity contribution in [3.05, 3.63) is 83.4 Å². The van der Waals surface area contributed by atoms with E-state index >= 15 is 0 Å². The molecule has 2 heteroatoms. The molecule has 0 atom stereocenters. The second-order valence-corrected chi connectivity index (χ2v) is 8.60. The lowest BCUT2D eigenvalue weighted by molar-refractivity contribution is 0.0734. The molecule has 3 rings (SSSR count). The predicted octanol–water partition coefficient (Wildman–Crippen LogP) is 8.35. The molecule has 31 heavy (non-hydrogen) atoms. The standard InChI is InChI=1S/C29H36O2/c1-3-5-7-9-23-11-15-25(16-12-23)26-17-19-27(20-18-26)29(30)31-28-21-13-24(14-22-28)10-8-6-4-2/h7-10,13-14,17-23,25H,3-6,11-12,15-16H2,1-2H3/b9-7+,10-8?. The molecular weight excluding hydrogens is 380 g/mol. The Morgan fingerprint density at radius 3 is 2.16 bits per heavy atom. The van der Waals surface area contributed by atoms with Crippen LogP contribution < -0.4 is 4.74 Å². The number of allylic oxidation sites excluding steroid dienone is 3. The van der Waals surface area contributed by atoms with Crippen LogP contribution in [0.4, 0.5) is 0 Å². The molecule has 1 aliphatic rings. The minimum Gasteiger partial charge on any atom is -0.423 e. The molecule has 2 nitrogen and oxygen atoms in total. The average Bonchev–Trinajstić information content (AvgIpc) is 2.81. The fraction of sp³-hybridized carbons (Fsp3) is 0.414. The highest BCUT2D eigenvalue weighted by molar-refractivity contribution is 5.91. The highest BCUT2D eigenvalue weighted by atomic mass is 16.5. The number of hydrogen-bond acceptors (Lipinski definition) is 2. The Balaban J connectivity index is 1.51. The average molecular weight is 417 g/mol. The van der Waals surface area contributed by atoms with Crippen LogP contribution >= 0.6 is 0 Å². The van der Waals surface area contributed by atoms with Gasteiger partial charge in [-0.25, -0.2) is 4.79 Å². The number of carbonyl (C=O) groups is 1. The van der Waals surface area contributed by atoms with Gasteiger partial charge in [0.25, 0.3) is 0 Å². The number of hydrogen-bond donors (Lipinski definition) is 0. The van der Waals surface area contributed by atoms with Gasteiger partial charge in [-0.1, -0.05) is 75.3 Å². The first-order chi connectivity index (χ1) is 15.2. The maximum Gasteiger partial charge on any atom is 0.343 e. The van der Waals surface area contributed by atoms with E-state index in [4.69, 9.17) is 4.74 Å². The summed E-state index contributed by atoms with van der Waals surface area (Å²) in [5, 5.41) is 0. The normalized spacial score (nSPS) is 19.2. The summed E-state index contributed by atoms with van der Waals surface area (Å²) in [6.07, 6.45) is 18.6. The zero-order valence-corrected chi connectivity index (χ0v) is 19.1. The molecule has 2 aromatic rings. The van der Waals surface area contributed by atoms with Gasteiger partial charge in [0.15, 0.2) is 0 Å². The first-order valence-electron chi connectivity index (χ1n) is 11.9. The second-order valence-electron chi connectivity index (χ2n) is 8.60. The molecule has 0 aliphatic heterocycles. The van der Waals surface area contributed by atoms with Crippen LogP contribution in [0.1, 0.15) is 92.6 Å². The number of rotatable bonds is 9. The van der Waals surface area contributed by atoms with Gasteiger partial charge in [0.2, 0.25) is 0 Å². The summed E-state index contributed by atoms with van der Waals surface area (Å²) in [5.74, 6) is 1.63. The van der Waals surface area contributed by atoms with Crippen molar-refractivity contribution in [3.8, 4) is 5.75 Å². The summed E-state index contributed by atoms with van der Waals surface area (Å²) < 4.78 is 5.56. The highest BCUT2D eigenvalue weighted by Gasteiger charge is 2.21. The van der Waals surface area contributed by atoms with Gasteiger partial charge in [-0.15, -0.1) is 0 Å². The summed E-state index contributed by atoms with van der Waals surface area (Å²) in [6.45, 7) is 4.39. The third-order valence-corrected chi connectivity index (χ3v) is 6.11. The summed E-state index contributed by atoms with van der Waals surface area (Å²) in [6, 6.07) is 15.7. The van der Waals surface area contributed by atoms with E-state index in [9.17, 15) is 4.79 Å². The number of unbranched alkanes of at least 4 members (excludes halogenated alkanes) is 2. The van der Waals surface area contributed by atoms with Crippen LogP contribution in [0.15, 0.2) is 66.8 Å². The first-order valence-corrected chi connectivity index (χ1v) is 11.9. The topological polar surface area (TPSA) is 26.3 Å². The van der Waals surface area contributed by atoms with Crippen molar-refractivity contribution in [1.82, 2.24) is 0 Å². The van der Waals surface area contributed by atoms with Crippen molar-refractivity contribution in [1.29, 1.82) is 0 Å². The van der Waals surface area contributed by atoms with E-state index in [2.05, 4.69) is 50.3 Å². The number of carbonyl (C=O) groups excluding carboxylic acids is 1. The van der Waals surface area contributed by atoms with E-state index in [-0.39, 0.29) is 5.97 Å². The van der Waals surface area contributed by atoms with Crippen LogP contribution in [0.2, 0.25) is 0 Å². The fourth-order valence-electron chi connectivity index (χ4n) is 4.19. The maximum absolute atomic E-state index is 12.5. The Labute approximate surface area is 188 Å². The van der Waals surface area contributed by atoms with Gasteiger partial charge < -0.3 is 4.74 Å². The van der Waals surface area contributed by atoms with Crippen molar-refractivity contribution in [2.24, 2.45) is 5.92 Å². The summed E-state index contributed by atoms with van der Waals surface area (Å²) in [5.41, 5.74) is 3.07. The SMILES string of the molecule is CCCC=Cc1ccc(OC(=O)c2ccc(C3CCC(/C=C/CCC)CC3)cc2)cc1. The third-order valence-electron chi connectivity index (χ3n) is 6.11. The molecule has 0 amide bonds. The molecule has 0 saturated heterocycles. The van der Waals surface area contributed by atoms with Gasteiger partial charge in [-0.05, 0) is 85.8 Å². The lowest BCUT2D eigenvalue weighted by Crippen LogP contribution is -2.12. The Kier molecular flexibility index (Phi) is 9.15. The number of benzene rings is 2. The van der Waals surface area contributed by atoms with Crippen molar-refractivity contribution in [3.63, 3.8) is 0 Å². The minimum atomic E-state index is -0.300. The molecule has 0 unspecified atom stereocenters. The first kappa shape index (κ1) is 23.1. The van der Waals surface area contributed by atoms with Gasteiger partial charge in [0.1, 0.15) is 5.75 Å². The molecule has 1 fully saturated rings. The molecule has 0 aromatic heterocycles. The lowest BCUT2D eigenvalue weighted by Gasteiger charge is -2.27. The van der Waals surface area contributed by atoms with Gasteiger partial charge in [0, 0.05) is 0 Å². The zero-order chi connectivity index (χ0) is 21.9.